The predicted molar refractivity (Wildman–Crippen MR) is 70.2 cm³/mol. The third-order valence-electron chi connectivity index (χ3n) is 2.87. The second-order valence-corrected chi connectivity index (χ2v) is 4.12. The Kier molecular flexibility index (Phi) is 2.48. The van der Waals surface area contributed by atoms with E-state index in [0.717, 1.165) is 28.0 Å². The van der Waals surface area contributed by atoms with E-state index >= 15 is 0 Å². The largest absolute Gasteiger partial charge is 0.497 e. The van der Waals surface area contributed by atoms with Gasteiger partial charge < -0.3 is 4.74 Å². The lowest BCUT2D eigenvalue weighted by atomic mass is 10.1. The zero-order chi connectivity index (χ0) is 12.5. The highest BCUT2D eigenvalue weighted by Gasteiger charge is 2.07. The number of aryl methyl sites for hydroxylation is 1. The fourth-order valence-electron chi connectivity index (χ4n) is 2.05. The summed E-state index contributed by atoms with van der Waals surface area (Å²) < 4.78 is 7.08. The van der Waals surface area contributed by atoms with Gasteiger partial charge in [0.2, 0.25) is 0 Å². The van der Waals surface area contributed by atoms with Gasteiger partial charge in [-0.25, -0.2) is 4.68 Å². The van der Waals surface area contributed by atoms with Crippen molar-refractivity contribution in [2.24, 2.45) is 0 Å². The van der Waals surface area contributed by atoms with Gasteiger partial charge >= 0.3 is 0 Å². The molecule has 1 aromatic carbocycles. The third-order valence-corrected chi connectivity index (χ3v) is 2.87. The SMILES string of the molecule is COc1ccc2c(-n3cccn3)cc(C)nc2c1. The van der Waals surface area contributed by atoms with Crippen molar-refractivity contribution in [1.82, 2.24) is 14.8 Å². The maximum atomic E-state index is 5.23. The highest BCUT2D eigenvalue weighted by Crippen LogP contribution is 2.25. The van der Waals surface area contributed by atoms with Crippen LogP contribution in [0.1, 0.15) is 5.69 Å². The van der Waals surface area contributed by atoms with E-state index in [9.17, 15) is 0 Å². The Balaban J connectivity index is 2.31. The summed E-state index contributed by atoms with van der Waals surface area (Å²) >= 11 is 0. The molecule has 0 N–H and O–H groups in total. The highest BCUT2D eigenvalue weighted by molar-refractivity contribution is 5.88. The summed E-state index contributed by atoms with van der Waals surface area (Å²) in [5, 5.41) is 5.34. The van der Waals surface area contributed by atoms with Crippen LogP contribution >= 0.6 is 0 Å². The van der Waals surface area contributed by atoms with E-state index < -0.39 is 0 Å². The summed E-state index contributed by atoms with van der Waals surface area (Å²) in [4.78, 5) is 4.53. The van der Waals surface area contributed by atoms with Crippen molar-refractivity contribution in [3.63, 3.8) is 0 Å². The predicted octanol–water partition coefficient (Wildman–Crippen LogP) is 2.74. The molecule has 2 heterocycles. The van der Waals surface area contributed by atoms with Crippen LogP contribution in [0, 0.1) is 6.92 Å². The summed E-state index contributed by atoms with van der Waals surface area (Å²) in [6.07, 6.45) is 3.70. The number of ether oxygens (including phenoxy) is 1. The first kappa shape index (κ1) is 10.8. The molecule has 0 aliphatic carbocycles. The van der Waals surface area contributed by atoms with Gasteiger partial charge in [0.1, 0.15) is 5.75 Å². The van der Waals surface area contributed by atoms with Crippen molar-refractivity contribution in [2.45, 2.75) is 6.92 Å². The Morgan fingerprint density at radius 3 is 2.83 bits per heavy atom. The zero-order valence-electron chi connectivity index (χ0n) is 10.3. The third kappa shape index (κ3) is 1.72. The monoisotopic (exact) mass is 239 g/mol. The van der Waals surface area contributed by atoms with Crippen LogP contribution < -0.4 is 4.74 Å². The van der Waals surface area contributed by atoms with Crippen LogP contribution in [0.3, 0.4) is 0 Å². The van der Waals surface area contributed by atoms with Gasteiger partial charge in [-0.15, -0.1) is 0 Å². The summed E-state index contributed by atoms with van der Waals surface area (Å²) in [5.41, 5.74) is 2.91. The van der Waals surface area contributed by atoms with Gasteiger partial charge in [0, 0.05) is 29.5 Å². The van der Waals surface area contributed by atoms with Crippen LogP contribution in [0.15, 0.2) is 42.7 Å². The number of nitrogens with zero attached hydrogens (tertiary/aromatic N) is 3. The van der Waals surface area contributed by atoms with Gasteiger partial charge in [0.05, 0.1) is 18.3 Å². The minimum atomic E-state index is 0.812. The first-order valence-corrected chi connectivity index (χ1v) is 5.73. The number of hydrogen-bond donors (Lipinski definition) is 0. The van der Waals surface area contributed by atoms with Crippen LogP contribution in [-0.4, -0.2) is 21.9 Å². The number of hydrogen-bond acceptors (Lipinski definition) is 3. The molecule has 90 valence electrons. The summed E-state index contributed by atoms with van der Waals surface area (Å²) in [6.45, 7) is 1.98. The number of benzene rings is 1. The average Bonchev–Trinajstić information content (AvgIpc) is 2.90. The molecule has 3 rings (SSSR count). The molecular weight excluding hydrogens is 226 g/mol. The normalized spacial score (nSPS) is 10.8. The fraction of sp³-hybridized carbons (Fsp3) is 0.143. The molecule has 0 radical (unpaired) electrons. The Hall–Kier alpha value is -2.36. The quantitative estimate of drug-likeness (QED) is 0.690. The molecule has 0 amide bonds. The molecule has 0 spiro atoms. The minimum Gasteiger partial charge on any atom is -0.497 e. The Morgan fingerprint density at radius 2 is 2.11 bits per heavy atom. The van der Waals surface area contributed by atoms with E-state index in [1.165, 1.54) is 0 Å². The smallest absolute Gasteiger partial charge is 0.121 e. The maximum absolute atomic E-state index is 5.23. The van der Waals surface area contributed by atoms with Crippen molar-refractivity contribution in [3.05, 3.63) is 48.4 Å². The lowest BCUT2D eigenvalue weighted by Gasteiger charge is -2.09. The fourth-order valence-corrected chi connectivity index (χ4v) is 2.05. The summed E-state index contributed by atoms with van der Waals surface area (Å²) in [5.74, 6) is 0.812. The van der Waals surface area contributed by atoms with Crippen molar-refractivity contribution >= 4 is 10.9 Å². The van der Waals surface area contributed by atoms with Crippen LogP contribution in [0.4, 0.5) is 0 Å². The van der Waals surface area contributed by atoms with Gasteiger partial charge in [0.15, 0.2) is 0 Å². The maximum Gasteiger partial charge on any atom is 0.121 e. The van der Waals surface area contributed by atoms with Crippen LogP contribution in [-0.2, 0) is 0 Å². The molecule has 0 unspecified atom stereocenters. The highest BCUT2D eigenvalue weighted by atomic mass is 16.5. The van der Waals surface area contributed by atoms with E-state index in [1.807, 2.05) is 48.1 Å². The molecule has 0 fully saturated rings. The zero-order valence-corrected chi connectivity index (χ0v) is 10.3. The molecule has 0 atom stereocenters. The summed E-state index contributed by atoms with van der Waals surface area (Å²) in [6, 6.07) is 9.83. The van der Waals surface area contributed by atoms with Crippen LogP contribution in [0.2, 0.25) is 0 Å². The van der Waals surface area contributed by atoms with Crippen molar-refractivity contribution < 1.29 is 4.74 Å². The Bertz CT molecular complexity index is 690. The van der Waals surface area contributed by atoms with Crippen LogP contribution in [0.5, 0.6) is 5.75 Å². The Morgan fingerprint density at radius 1 is 1.22 bits per heavy atom. The lowest BCUT2D eigenvalue weighted by molar-refractivity contribution is 0.415. The van der Waals surface area contributed by atoms with Crippen molar-refractivity contribution in [2.75, 3.05) is 7.11 Å². The molecule has 0 aliphatic heterocycles. The van der Waals surface area contributed by atoms with E-state index in [4.69, 9.17) is 4.74 Å². The lowest BCUT2D eigenvalue weighted by Crippen LogP contribution is -1.98. The second kappa shape index (κ2) is 4.14. The molecule has 0 saturated carbocycles. The van der Waals surface area contributed by atoms with Crippen molar-refractivity contribution in [1.29, 1.82) is 0 Å². The molecule has 2 aromatic heterocycles. The first-order chi connectivity index (χ1) is 8.78. The van der Waals surface area contributed by atoms with Gasteiger partial charge in [-0.05, 0) is 31.2 Å². The van der Waals surface area contributed by atoms with Crippen molar-refractivity contribution in [3.8, 4) is 11.4 Å². The van der Waals surface area contributed by atoms with E-state index in [0.29, 0.717) is 0 Å². The molecule has 18 heavy (non-hydrogen) atoms. The van der Waals surface area contributed by atoms with E-state index in [1.54, 1.807) is 13.3 Å². The van der Waals surface area contributed by atoms with E-state index in [2.05, 4.69) is 10.1 Å². The molecule has 4 heteroatoms. The van der Waals surface area contributed by atoms with Gasteiger partial charge in [-0.2, -0.15) is 5.10 Å². The number of fused-ring (bicyclic) bond motifs is 1. The standard InChI is InChI=1S/C14H13N3O/c1-10-8-14(17-7-3-6-15-17)12-5-4-11(18-2)9-13(12)16-10/h3-9H,1-2H3. The number of rotatable bonds is 2. The number of methoxy groups -OCH3 is 1. The van der Waals surface area contributed by atoms with E-state index in [-0.39, 0.29) is 0 Å². The minimum absolute atomic E-state index is 0.812. The molecule has 0 bridgehead atoms. The first-order valence-electron chi connectivity index (χ1n) is 5.73. The average molecular weight is 239 g/mol. The van der Waals surface area contributed by atoms with Gasteiger partial charge in [-0.1, -0.05) is 0 Å². The number of pyridine rings is 1. The Labute approximate surface area is 105 Å². The molecule has 4 nitrogen and oxygen atoms in total. The second-order valence-electron chi connectivity index (χ2n) is 4.12. The molecule has 3 aromatic rings. The van der Waals surface area contributed by atoms with Gasteiger partial charge in [-0.3, -0.25) is 4.98 Å². The van der Waals surface area contributed by atoms with Crippen LogP contribution in [0.25, 0.3) is 16.6 Å². The topological polar surface area (TPSA) is 39.9 Å². The molecule has 0 aliphatic rings. The molecule has 0 saturated heterocycles. The van der Waals surface area contributed by atoms with Gasteiger partial charge in [0.25, 0.3) is 0 Å². The molecular formula is C14H13N3O. The summed E-state index contributed by atoms with van der Waals surface area (Å²) in [7, 11) is 1.66. The number of aromatic nitrogens is 3.